The normalized spacial score (nSPS) is 13.5. The zero-order valence-electron chi connectivity index (χ0n) is 12.9. The lowest BCUT2D eigenvalue weighted by molar-refractivity contribution is 0.0849. The molecule has 22 heavy (non-hydrogen) atoms. The van der Waals surface area contributed by atoms with Crippen molar-refractivity contribution < 1.29 is 15.0 Å². The lowest BCUT2D eigenvalue weighted by atomic mass is 9.92. The van der Waals surface area contributed by atoms with Crippen LogP contribution < -0.4 is 5.32 Å². The minimum atomic E-state index is -0.935. The van der Waals surface area contributed by atoms with Gasteiger partial charge >= 0.3 is 0 Å². The molecule has 5 heteroatoms. The number of aryl methyl sites for hydroxylation is 2. The van der Waals surface area contributed by atoms with E-state index in [0.29, 0.717) is 11.1 Å². The van der Waals surface area contributed by atoms with Gasteiger partial charge in [0, 0.05) is 17.0 Å². The minimum absolute atomic E-state index is 0.135. The molecular formula is C17H20N2O3. The first kappa shape index (κ1) is 16.0. The van der Waals surface area contributed by atoms with Crippen LogP contribution >= 0.6 is 0 Å². The molecule has 1 atom stereocenters. The van der Waals surface area contributed by atoms with Crippen LogP contribution in [0.3, 0.4) is 0 Å². The van der Waals surface area contributed by atoms with Crippen LogP contribution in [-0.2, 0) is 5.54 Å². The van der Waals surface area contributed by atoms with Crippen LogP contribution in [0, 0.1) is 13.8 Å². The first-order valence-corrected chi connectivity index (χ1v) is 7.02. The Morgan fingerprint density at radius 3 is 2.23 bits per heavy atom. The Bertz CT molecular complexity index is 663. The van der Waals surface area contributed by atoms with Crippen LogP contribution in [0.4, 0.5) is 0 Å². The van der Waals surface area contributed by atoms with Gasteiger partial charge in [0.1, 0.15) is 5.75 Å². The maximum atomic E-state index is 12.5. The maximum absolute atomic E-state index is 12.5. The fourth-order valence-corrected chi connectivity index (χ4v) is 2.32. The number of hydrogen-bond acceptors (Lipinski definition) is 4. The predicted molar refractivity (Wildman–Crippen MR) is 83.7 cm³/mol. The van der Waals surface area contributed by atoms with Crippen LogP contribution in [0.15, 0.2) is 36.4 Å². The molecule has 0 aliphatic rings. The molecule has 1 unspecified atom stereocenters. The maximum Gasteiger partial charge on any atom is 0.252 e. The number of carbonyl (C=O) groups is 1. The Morgan fingerprint density at radius 2 is 1.73 bits per heavy atom. The fourth-order valence-electron chi connectivity index (χ4n) is 2.32. The molecule has 2 aromatic rings. The van der Waals surface area contributed by atoms with Crippen molar-refractivity contribution in [1.29, 1.82) is 0 Å². The molecule has 1 aromatic heterocycles. The highest BCUT2D eigenvalue weighted by atomic mass is 16.3. The van der Waals surface area contributed by atoms with Gasteiger partial charge in [-0.05, 0) is 50.6 Å². The minimum Gasteiger partial charge on any atom is -0.508 e. The smallest absolute Gasteiger partial charge is 0.252 e. The van der Waals surface area contributed by atoms with Crippen LogP contribution in [0.25, 0.3) is 0 Å². The van der Waals surface area contributed by atoms with Gasteiger partial charge in [0.15, 0.2) is 0 Å². The van der Waals surface area contributed by atoms with E-state index in [2.05, 4.69) is 10.3 Å². The molecule has 1 heterocycles. The van der Waals surface area contributed by atoms with E-state index >= 15 is 0 Å². The number of hydrogen-bond donors (Lipinski definition) is 3. The van der Waals surface area contributed by atoms with Gasteiger partial charge in [-0.1, -0.05) is 12.1 Å². The SMILES string of the molecule is Cc1cc(C(=O)NC(C)(CO)c2ccc(O)cc2)cc(C)n1. The van der Waals surface area contributed by atoms with E-state index in [0.717, 1.165) is 11.4 Å². The van der Waals surface area contributed by atoms with Gasteiger partial charge in [0.25, 0.3) is 5.91 Å². The summed E-state index contributed by atoms with van der Waals surface area (Å²) < 4.78 is 0. The number of phenolic OH excluding ortho intramolecular Hbond substituents is 1. The Balaban J connectivity index is 2.28. The summed E-state index contributed by atoms with van der Waals surface area (Å²) in [5.74, 6) is -0.144. The molecule has 0 aliphatic heterocycles. The quantitative estimate of drug-likeness (QED) is 0.807. The summed E-state index contributed by atoms with van der Waals surface area (Å²) in [6.07, 6.45) is 0. The highest BCUT2D eigenvalue weighted by Gasteiger charge is 2.28. The van der Waals surface area contributed by atoms with Crippen molar-refractivity contribution in [1.82, 2.24) is 10.3 Å². The van der Waals surface area contributed by atoms with Crippen molar-refractivity contribution in [2.45, 2.75) is 26.3 Å². The average Bonchev–Trinajstić information content (AvgIpc) is 2.46. The van der Waals surface area contributed by atoms with Crippen LogP contribution in [0.1, 0.15) is 34.2 Å². The van der Waals surface area contributed by atoms with E-state index in [1.807, 2.05) is 13.8 Å². The van der Waals surface area contributed by atoms with E-state index in [1.54, 1.807) is 31.2 Å². The molecule has 2 rings (SSSR count). The number of nitrogens with zero attached hydrogens (tertiary/aromatic N) is 1. The Morgan fingerprint density at radius 1 is 1.18 bits per heavy atom. The molecule has 0 saturated heterocycles. The number of amides is 1. The number of benzene rings is 1. The van der Waals surface area contributed by atoms with Gasteiger partial charge < -0.3 is 15.5 Å². The molecule has 5 nitrogen and oxygen atoms in total. The molecule has 0 radical (unpaired) electrons. The zero-order valence-corrected chi connectivity index (χ0v) is 12.9. The highest BCUT2D eigenvalue weighted by Crippen LogP contribution is 2.23. The van der Waals surface area contributed by atoms with Crippen LogP contribution in [0.5, 0.6) is 5.75 Å². The topological polar surface area (TPSA) is 82.5 Å². The number of aliphatic hydroxyl groups is 1. The fraction of sp³-hybridized carbons (Fsp3) is 0.294. The summed E-state index contributed by atoms with van der Waals surface area (Å²) in [6.45, 7) is 5.13. The molecule has 0 bridgehead atoms. The second kappa shape index (κ2) is 6.15. The summed E-state index contributed by atoms with van der Waals surface area (Å²) in [5, 5.41) is 21.9. The summed E-state index contributed by atoms with van der Waals surface area (Å²) in [5.41, 5.74) is 1.81. The molecule has 116 valence electrons. The Labute approximate surface area is 129 Å². The summed E-state index contributed by atoms with van der Waals surface area (Å²) in [6, 6.07) is 9.81. The van der Waals surface area contributed by atoms with Crippen molar-refractivity contribution in [2.24, 2.45) is 0 Å². The monoisotopic (exact) mass is 300 g/mol. The molecule has 0 spiro atoms. The molecule has 0 saturated carbocycles. The zero-order chi connectivity index (χ0) is 16.3. The number of aromatic nitrogens is 1. The highest BCUT2D eigenvalue weighted by molar-refractivity contribution is 5.95. The third-order valence-corrected chi connectivity index (χ3v) is 3.55. The lowest BCUT2D eigenvalue weighted by Gasteiger charge is -2.29. The molecular weight excluding hydrogens is 280 g/mol. The van der Waals surface area contributed by atoms with Crippen molar-refractivity contribution in [2.75, 3.05) is 6.61 Å². The van der Waals surface area contributed by atoms with Crippen molar-refractivity contribution in [3.8, 4) is 5.75 Å². The molecule has 0 fully saturated rings. The number of aromatic hydroxyl groups is 1. The van der Waals surface area contributed by atoms with Gasteiger partial charge in [0.2, 0.25) is 0 Å². The van der Waals surface area contributed by atoms with Crippen LogP contribution in [-0.4, -0.2) is 27.7 Å². The largest absolute Gasteiger partial charge is 0.508 e. The number of phenols is 1. The van der Waals surface area contributed by atoms with E-state index in [-0.39, 0.29) is 18.3 Å². The van der Waals surface area contributed by atoms with E-state index in [4.69, 9.17) is 0 Å². The summed E-state index contributed by atoms with van der Waals surface area (Å²) in [7, 11) is 0. The lowest BCUT2D eigenvalue weighted by Crippen LogP contribution is -2.46. The van der Waals surface area contributed by atoms with Gasteiger partial charge in [-0.2, -0.15) is 0 Å². The van der Waals surface area contributed by atoms with Gasteiger partial charge in [-0.15, -0.1) is 0 Å². The third kappa shape index (κ3) is 3.43. The predicted octanol–water partition coefficient (Wildman–Crippen LogP) is 2.04. The van der Waals surface area contributed by atoms with E-state index in [1.165, 1.54) is 12.1 Å². The van der Waals surface area contributed by atoms with Crippen molar-refractivity contribution in [3.63, 3.8) is 0 Å². The number of pyridine rings is 1. The van der Waals surface area contributed by atoms with Gasteiger partial charge in [-0.25, -0.2) is 0 Å². The van der Waals surface area contributed by atoms with Crippen molar-refractivity contribution in [3.05, 3.63) is 58.9 Å². The standard InChI is InChI=1S/C17H20N2O3/c1-11-8-13(9-12(2)18-11)16(22)19-17(3,10-20)14-4-6-15(21)7-5-14/h4-9,20-21H,10H2,1-3H3,(H,19,22). The second-order valence-electron chi connectivity index (χ2n) is 5.63. The number of rotatable bonds is 4. The molecule has 3 N–H and O–H groups in total. The Hall–Kier alpha value is -2.40. The number of aliphatic hydroxyl groups excluding tert-OH is 1. The molecule has 1 amide bonds. The van der Waals surface area contributed by atoms with E-state index < -0.39 is 5.54 Å². The summed E-state index contributed by atoms with van der Waals surface area (Å²) >= 11 is 0. The van der Waals surface area contributed by atoms with Crippen LogP contribution in [0.2, 0.25) is 0 Å². The average molecular weight is 300 g/mol. The second-order valence-corrected chi connectivity index (χ2v) is 5.63. The molecule has 0 aliphatic carbocycles. The number of carbonyl (C=O) groups excluding carboxylic acids is 1. The third-order valence-electron chi connectivity index (χ3n) is 3.55. The molecule has 1 aromatic carbocycles. The first-order valence-electron chi connectivity index (χ1n) is 7.02. The first-order chi connectivity index (χ1) is 10.3. The summed E-state index contributed by atoms with van der Waals surface area (Å²) in [4.78, 5) is 16.7. The van der Waals surface area contributed by atoms with Gasteiger partial charge in [-0.3, -0.25) is 9.78 Å². The van der Waals surface area contributed by atoms with Crippen molar-refractivity contribution >= 4 is 5.91 Å². The van der Waals surface area contributed by atoms with Gasteiger partial charge in [0.05, 0.1) is 12.1 Å². The van der Waals surface area contributed by atoms with E-state index in [9.17, 15) is 15.0 Å². The number of nitrogens with one attached hydrogen (secondary N) is 1. The Kier molecular flexibility index (Phi) is 4.47.